The van der Waals surface area contributed by atoms with Crippen LogP contribution >= 0.6 is 0 Å². The molecular weight excluding hydrogens is 290 g/mol. The van der Waals surface area contributed by atoms with Crippen LogP contribution in [0.15, 0.2) is 16.5 Å². The Labute approximate surface area is 128 Å². The van der Waals surface area contributed by atoms with Gasteiger partial charge in [0.2, 0.25) is 0 Å². The van der Waals surface area contributed by atoms with E-state index in [4.69, 9.17) is 4.42 Å². The lowest BCUT2D eigenvalue weighted by atomic mass is 10.4. The van der Waals surface area contributed by atoms with Crippen LogP contribution in [0.2, 0.25) is 0 Å². The van der Waals surface area contributed by atoms with Crippen LogP contribution in [-0.4, -0.2) is 62.2 Å². The summed E-state index contributed by atoms with van der Waals surface area (Å²) in [5.74, 6) is 1.46. The molecule has 0 unspecified atom stereocenters. The maximum Gasteiger partial charge on any atom is 0.282 e. The van der Waals surface area contributed by atoms with E-state index in [9.17, 15) is 8.42 Å². The van der Waals surface area contributed by atoms with Gasteiger partial charge in [-0.05, 0) is 33.2 Å². The van der Waals surface area contributed by atoms with Gasteiger partial charge in [-0.3, -0.25) is 0 Å². The van der Waals surface area contributed by atoms with Gasteiger partial charge in [-0.15, -0.1) is 0 Å². The summed E-state index contributed by atoms with van der Waals surface area (Å²) in [5, 5.41) is 0. The lowest BCUT2D eigenvalue weighted by Gasteiger charge is -2.28. The Hall–Kier alpha value is -0.890. The smallest absolute Gasteiger partial charge is 0.282 e. The molecule has 0 spiro atoms. The molecule has 0 aliphatic carbocycles. The molecule has 7 heteroatoms. The zero-order valence-electron chi connectivity index (χ0n) is 13.7. The summed E-state index contributed by atoms with van der Waals surface area (Å²) in [7, 11) is 0.392. The first-order valence-corrected chi connectivity index (χ1v) is 8.66. The van der Waals surface area contributed by atoms with Crippen LogP contribution in [0.3, 0.4) is 0 Å². The molecule has 21 heavy (non-hydrogen) atoms. The van der Waals surface area contributed by atoms with E-state index in [0.717, 1.165) is 5.76 Å². The summed E-state index contributed by atoms with van der Waals surface area (Å²) in [6.45, 7) is 7.85. The highest BCUT2D eigenvalue weighted by Gasteiger charge is 2.28. The lowest BCUT2D eigenvalue weighted by Crippen LogP contribution is -2.45. The van der Waals surface area contributed by atoms with Gasteiger partial charge in [0.1, 0.15) is 11.5 Å². The fourth-order valence-electron chi connectivity index (χ4n) is 2.04. The van der Waals surface area contributed by atoms with Crippen LogP contribution in [0.1, 0.15) is 25.4 Å². The van der Waals surface area contributed by atoms with Crippen LogP contribution in [0.4, 0.5) is 0 Å². The molecule has 0 bridgehead atoms. The zero-order chi connectivity index (χ0) is 16.0. The van der Waals surface area contributed by atoms with Crippen LogP contribution < -0.4 is 0 Å². The van der Waals surface area contributed by atoms with Gasteiger partial charge in [0.05, 0.1) is 6.54 Å². The predicted molar refractivity (Wildman–Crippen MR) is 84.2 cm³/mol. The Bertz CT molecular complexity index is 521. The Morgan fingerprint density at radius 1 is 1.05 bits per heavy atom. The quantitative estimate of drug-likeness (QED) is 0.693. The third kappa shape index (κ3) is 5.10. The fraction of sp³-hybridized carbons (Fsp3) is 0.714. The van der Waals surface area contributed by atoms with Gasteiger partial charge in [0.25, 0.3) is 10.2 Å². The molecule has 122 valence electrons. The van der Waals surface area contributed by atoms with Crippen molar-refractivity contribution in [2.45, 2.75) is 27.3 Å². The molecule has 0 aromatic carbocycles. The molecule has 0 amide bonds. The molecule has 0 N–H and O–H groups in total. The summed E-state index contributed by atoms with van der Waals surface area (Å²) >= 11 is 0. The average molecular weight is 317 g/mol. The Kier molecular flexibility index (Phi) is 6.86. The van der Waals surface area contributed by atoms with Gasteiger partial charge < -0.3 is 9.32 Å². The minimum atomic E-state index is -3.47. The Balaban J connectivity index is 2.95. The highest BCUT2D eigenvalue weighted by molar-refractivity contribution is 7.86. The van der Waals surface area contributed by atoms with Gasteiger partial charge in [0.15, 0.2) is 0 Å². The molecule has 0 radical (unpaired) electrons. The van der Waals surface area contributed by atoms with Crippen molar-refractivity contribution < 1.29 is 12.8 Å². The van der Waals surface area contributed by atoms with Crippen LogP contribution in [0, 0.1) is 6.92 Å². The number of likely N-dealkylation sites (N-methyl/N-ethyl adjacent to an activating group) is 1. The normalized spacial score (nSPS) is 12.8. The van der Waals surface area contributed by atoms with Crippen LogP contribution in [0.5, 0.6) is 0 Å². The van der Waals surface area contributed by atoms with E-state index >= 15 is 0 Å². The highest BCUT2D eigenvalue weighted by Crippen LogP contribution is 2.15. The molecule has 0 saturated heterocycles. The number of hydrogen-bond donors (Lipinski definition) is 0. The number of hydrogen-bond acceptors (Lipinski definition) is 4. The Morgan fingerprint density at radius 3 is 2.10 bits per heavy atom. The van der Waals surface area contributed by atoms with E-state index in [1.165, 1.54) is 8.61 Å². The lowest BCUT2D eigenvalue weighted by molar-refractivity contribution is 0.288. The molecule has 0 fully saturated rings. The minimum Gasteiger partial charge on any atom is -0.465 e. The second-order valence-electron chi connectivity index (χ2n) is 5.24. The predicted octanol–water partition coefficient (Wildman–Crippen LogP) is 1.54. The Morgan fingerprint density at radius 2 is 1.67 bits per heavy atom. The number of furan rings is 1. The van der Waals surface area contributed by atoms with E-state index in [1.54, 1.807) is 0 Å². The standard InChI is InChI=1S/C14H27N3O3S/c1-6-16(7-2)21(18,19)17(11-10-15(4)5)12-14-9-8-13(3)20-14/h8-9H,6-7,10-12H2,1-5H3. The largest absolute Gasteiger partial charge is 0.465 e. The second kappa shape index (κ2) is 7.93. The molecule has 0 atom stereocenters. The van der Waals surface area contributed by atoms with Gasteiger partial charge in [-0.1, -0.05) is 13.8 Å². The van der Waals surface area contributed by atoms with E-state index in [1.807, 2.05) is 51.9 Å². The van der Waals surface area contributed by atoms with Crippen molar-refractivity contribution in [1.29, 1.82) is 0 Å². The number of rotatable bonds is 9. The average Bonchev–Trinajstić information content (AvgIpc) is 2.80. The number of aryl methyl sites for hydroxylation is 1. The first kappa shape index (κ1) is 18.2. The van der Waals surface area contributed by atoms with Gasteiger partial charge in [-0.2, -0.15) is 17.0 Å². The summed E-state index contributed by atoms with van der Waals surface area (Å²) in [6, 6.07) is 3.68. The van der Waals surface area contributed by atoms with Crippen LogP contribution in [0.25, 0.3) is 0 Å². The van der Waals surface area contributed by atoms with Crippen molar-refractivity contribution in [3.63, 3.8) is 0 Å². The SMILES string of the molecule is CCN(CC)S(=O)(=O)N(CCN(C)C)Cc1ccc(C)o1. The molecule has 1 heterocycles. The number of nitrogens with zero attached hydrogens (tertiary/aromatic N) is 3. The molecule has 1 aromatic rings. The van der Waals surface area contributed by atoms with E-state index in [0.29, 0.717) is 31.9 Å². The molecule has 0 aliphatic rings. The summed E-state index contributed by atoms with van der Waals surface area (Å²) < 4.78 is 33.9. The van der Waals surface area contributed by atoms with Crippen molar-refractivity contribution in [2.75, 3.05) is 40.3 Å². The maximum atomic E-state index is 12.7. The van der Waals surface area contributed by atoms with Crippen molar-refractivity contribution in [2.24, 2.45) is 0 Å². The van der Waals surface area contributed by atoms with E-state index in [2.05, 4.69) is 0 Å². The van der Waals surface area contributed by atoms with E-state index < -0.39 is 10.2 Å². The highest BCUT2D eigenvalue weighted by atomic mass is 32.2. The molecule has 6 nitrogen and oxygen atoms in total. The molecule has 1 aromatic heterocycles. The zero-order valence-corrected chi connectivity index (χ0v) is 14.5. The van der Waals surface area contributed by atoms with Crippen LogP contribution in [-0.2, 0) is 16.8 Å². The van der Waals surface area contributed by atoms with Gasteiger partial charge in [0, 0.05) is 26.2 Å². The third-order valence-electron chi connectivity index (χ3n) is 3.28. The molecule has 1 rings (SSSR count). The first-order chi connectivity index (χ1) is 9.81. The third-order valence-corrected chi connectivity index (χ3v) is 5.42. The summed E-state index contributed by atoms with van der Waals surface area (Å²) in [4.78, 5) is 1.97. The monoisotopic (exact) mass is 317 g/mol. The topological polar surface area (TPSA) is 57.0 Å². The first-order valence-electron chi connectivity index (χ1n) is 7.26. The summed E-state index contributed by atoms with van der Waals surface area (Å²) in [6.07, 6.45) is 0. The van der Waals surface area contributed by atoms with Crippen molar-refractivity contribution >= 4 is 10.2 Å². The fourth-order valence-corrected chi connectivity index (χ4v) is 3.63. The van der Waals surface area contributed by atoms with Crippen molar-refractivity contribution in [3.8, 4) is 0 Å². The van der Waals surface area contributed by atoms with Gasteiger partial charge in [-0.25, -0.2) is 0 Å². The van der Waals surface area contributed by atoms with Gasteiger partial charge >= 0.3 is 0 Å². The molecule has 0 aliphatic heterocycles. The minimum absolute atomic E-state index is 0.264. The molecular formula is C14H27N3O3S. The maximum absolute atomic E-state index is 12.7. The molecule has 0 saturated carbocycles. The second-order valence-corrected chi connectivity index (χ2v) is 7.17. The van der Waals surface area contributed by atoms with E-state index in [-0.39, 0.29) is 6.54 Å². The van der Waals surface area contributed by atoms with Crippen molar-refractivity contribution in [1.82, 2.24) is 13.5 Å². The van der Waals surface area contributed by atoms with Crippen molar-refractivity contribution in [3.05, 3.63) is 23.7 Å². The summed E-state index contributed by atoms with van der Waals surface area (Å²) in [5.41, 5.74) is 0.